The van der Waals surface area contributed by atoms with Crippen LogP contribution in [-0.4, -0.2) is 34.1 Å². The third kappa shape index (κ3) is 4.73. The Bertz CT molecular complexity index is 75.3. The van der Waals surface area contributed by atoms with Crippen LogP contribution in [-0.2, 0) is 0 Å². The van der Waals surface area contributed by atoms with Gasteiger partial charge in [0.05, 0.1) is 12.2 Å². The van der Waals surface area contributed by atoms with Crippen molar-refractivity contribution in [3.05, 3.63) is 0 Å². The lowest BCUT2D eigenvalue weighted by atomic mass is 10.1. The Hall–Kier alpha value is -0.120. The standard InChI is InChI=1S/C7H16O3/c1-2-6(9)5-7(10)3-4-8/h6-10H,2-5H2,1H3. The summed E-state index contributed by atoms with van der Waals surface area (Å²) in [7, 11) is 0. The Kier molecular flexibility index (Phi) is 5.58. The molecule has 0 aliphatic heterocycles. The van der Waals surface area contributed by atoms with Gasteiger partial charge in [0.25, 0.3) is 0 Å². The molecule has 3 N–H and O–H groups in total. The molecule has 0 fully saturated rings. The van der Waals surface area contributed by atoms with Gasteiger partial charge in [0.2, 0.25) is 0 Å². The zero-order valence-electron chi connectivity index (χ0n) is 6.32. The maximum Gasteiger partial charge on any atom is 0.0586 e. The van der Waals surface area contributed by atoms with Crippen molar-refractivity contribution in [2.24, 2.45) is 0 Å². The van der Waals surface area contributed by atoms with E-state index >= 15 is 0 Å². The Balaban J connectivity index is 3.27. The molecule has 0 bridgehead atoms. The summed E-state index contributed by atoms with van der Waals surface area (Å²) < 4.78 is 0. The maximum atomic E-state index is 9.03. The van der Waals surface area contributed by atoms with E-state index in [0.29, 0.717) is 19.3 Å². The lowest BCUT2D eigenvalue weighted by molar-refractivity contribution is 0.0626. The molecule has 0 aromatic rings. The van der Waals surface area contributed by atoms with E-state index < -0.39 is 12.2 Å². The molecular weight excluding hydrogens is 132 g/mol. The third-order valence-electron chi connectivity index (χ3n) is 1.48. The molecule has 0 saturated heterocycles. The fraction of sp³-hybridized carbons (Fsp3) is 1.00. The SMILES string of the molecule is CCC(O)CC(O)CCO. The van der Waals surface area contributed by atoms with Crippen molar-refractivity contribution in [3.63, 3.8) is 0 Å². The van der Waals surface area contributed by atoms with Gasteiger partial charge in [-0.25, -0.2) is 0 Å². The number of hydrogen-bond acceptors (Lipinski definition) is 3. The normalized spacial score (nSPS) is 16.8. The predicted octanol–water partition coefficient (Wildman–Crippen LogP) is -0.109. The van der Waals surface area contributed by atoms with Crippen molar-refractivity contribution in [3.8, 4) is 0 Å². The molecular formula is C7H16O3. The molecule has 0 aliphatic rings. The summed E-state index contributed by atoms with van der Waals surface area (Å²) in [4.78, 5) is 0. The van der Waals surface area contributed by atoms with Crippen LogP contribution in [0.25, 0.3) is 0 Å². The summed E-state index contributed by atoms with van der Waals surface area (Å²) in [5.41, 5.74) is 0. The van der Waals surface area contributed by atoms with E-state index in [1.807, 2.05) is 6.92 Å². The molecule has 62 valence electrons. The monoisotopic (exact) mass is 148 g/mol. The minimum absolute atomic E-state index is 0.0163. The van der Waals surface area contributed by atoms with Crippen LogP contribution in [0, 0.1) is 0 Å². The average Bonchev–Trinajstić information content (AvgIpc) is 1.88. The van der Waals surface area contributed by atoms with Crippen LogP contribution >= 0.6 is 0 Å². The first kappa shape index (κ1) is 9.88. The lowest BCUT2D eigenvalue weighted by Gasteiger charge is -2.12. The molecule has 0 radical (unpaired) electrons. The number of aliphatic hydroxyl groups excluding tert-OH is 3. The van der Waals surface area contributed by atoms with Gasteiger partial charge in [0.15, 0.2) is 0 Å². The van der Waals surface area contributed by atoms with Crippen molar-refractivity contribution in [2.45, 2.75) is 38.4 Å². The number of hydrogen-bond donors (Lipinski definition) is 3. The van der Waals surface area contributed by atoms with E-state index in [-0.39, 0.29) is 6.61 Å². The van der Waals surface area contributed by atoms with Crippen LogP contribution < -0.4 is 0 Å². The van der Waals surface area contributed by atoms with E-state index in [0.717, 1.165) is 0 Å². The van der Waals surface area contributed by atoms with Crippen molar-refractivity contribution < 1.29 is 15.3 Å². The first-order valence-corrected chi connectivity index (χ1v) is 3.67. The zero-order valence-corrected chi connectivity index (χ0v) is 6.32. The second-order valence-corrected chi connectivity index (χ2v) is 2.46. The van der Waals surface area contributed by atoms with Gasteiger partial charge >= 0.3 is 0 Å². The van der Waals surface area contributed by atoms with Crippen LogP contribution in [0.4, 0.5) is 0 Å². The third-order valence-corrected chi connectivity index (χ3v) is 1.48. The molecule has 0 rings (SSSR count). The summed E-state index contributed by atoms with van der Waals surface area (Å²) in [6, 6.07) is 0. The van der Waals surface area contributed by atoms with Crippen LogP contribution in [0.2, 0.25) is 0 Å². The Labute approximate surface area is 61.3 Å². The van der Waals surface area contributed by atoms with E-state index in [1.165, 1.54) is 0 Å². The molecule has 2 atom stereocenters. The van der Waals surface area contributed by atoms with Gasteiger partial charge in [-0.05, 0) is 19.3 Å². The van der Waals surface area contributed by atoms with Gasteiger partial charge in [-0.2, -0.15) is 0 Å². The summed E-state index contributed by atoms with van der Waals surface area (Å²) >= 11 is 0. The highest BCUT2D eigenvalue weighted by Crippen LogP contribution is 2.04. The molecule has 0 aromatic heterocycles. The van der Waals surface area contributed by atoms with E-state index in [4.69, 9.17) is 15.3 Å². The van der Waals surface area contributed by atoms with Gasteiger partial charge in [0, 0.05) is 6.61 Å². The fourth-order valence-corrected chi connectivity index (χ4v) is 0.748. The topological polar surface area (TPSA) is 60.7 Å². The largest absolute Gasteiger partial charge is 0.396 e. The van der Waals surface area contributed by atoms with Gasteiger partial charge in [-0.1, -0.05) is 6.92 Å². The molecule has 0 saturated carbocycles. The molecule has 0 aliphatic carbocycles. The quantitative estimate of drug-likeness (QED) is 0.510. The van der Waals surface area contributed by atoms with Crippen LogP contribution in [0.1, 0.15) is 26.2 Å². The first-order valence-electron chi connectivity index (χ1n) is 3.67. The van der Waals surface area contributed by atoms with Gasteiger partial charge in [-0.15, -0.1) is 0 Å². The van der Waals surface area contributed by atoms with Crippen molar-refractivity contribution in [2.75, 3.05) is 6.61 Å². The highest BCUT2D eigenvalue weighted by Gasteiger charge is 2.08. The molecule has 0 amide bonds. The minimum atomic E-state index is -0.556. The summed E-state index contributed by atoms with van der Waals surface area (Å²) in [6.45, 7) is 1.84. The maximum absolute atomic E-state index is 9.03. The fourth-order valence-electron chi connectivity index (χ4n) is 0.748. The lowest BCUT2D eigenvalue weighted by Crippen LogP contribution is -2.17. The average molecular weight is 148 g/mol. The van der Waals surface area contributed by atoms with Crippen LogP contribution in [0.3, 0.4) is 0 Å². The number of aliphatic hydroxyl groups is 3. The number of rotatable bonds is 5. The molecule has 0 spiro atoms. The van der Waals surface area contributed by atoms with E-state index in [9.17, 15) is 0 Å². The highest BCUT2D eigenvalue weighted by molar-refractivity contribution is 4.60. The van der Waals surface area contributed by atoms with Gasteiger partial charge in [-0.3, -0.25) is 0 Å². The summed E-state index contributed by atoms with van der Waals surface area (Å²) in [5, 5.41) is 26.4. The highest BCUT2D eigenvalue weighted by atomic mass is 16.3. The van der Waals surface area contributed by atoms with Crippen LogP contribution in [0.15, 0.2) is 0 Å². The molecule has 3 heteroatoms. The molecule has 0 aromatic carbocycles. The van der Waals surface area contributed by atoms with Gasteiger partial charge < -0.3 is 15.3 Å². The second-order valence-electron chi connectivity index (χ2n) is 2.46. The molecule has 0 heterocycles. The van der Waals surface area contributed by atoms with E-state index in [1.54, 1.807) is 0 Å². The zero-order chi connectivity index (χ0) is 7.98. The molecule has 2 unspecified atom stereocenters. The van der Waals surface area contributed by atoms with E-state index in [2.05, 4.69) is 0 Å². The van der Waals surface area contributed by atoms with Crippen molar-refractivity contribution >= 4 is 0 Å². The summed E-state index contributed by atoms with van der Waals surface area (Å²) in [6.07, 6.45) is 0.401. The molecule has 10 heavy (non-hydrogen) atoms. The smallest absolute Gasteiger partial charge is 0.0586 e. The van der Waals surface area contributed by atoms with Crippen molar-refractivity contribution in [1.29, 1.82) is 0 Å². The second kappa shape index (κ2) is 5.65. The Morgan fingerprint density at radius 2 is 1.80 bits per heavy atom. The minimum Gasteiger partial charge on any atom is -0.396 e. The van der Waals surface area contributed by atoms with Gasteiger partial charge in [0.1, 0.15) is 0 Å². The van der Waals surface area contributed by atoms with Crippen LogP contribution in [0.5, 0.6) is 0 Å². The Morgan fingerprint density at radius 3 is 2.20 bits per heavy atom. The Morgan fingerprint density at radius 1 is 1.20 bits per heavy atom. The first-order chi connectivity index (χ1) is 4.70. The molecule has 3 nitrogen and oxygen atoms in total. The summed E-state index contributed by atoms with van der Waals surface area (Å²) in [5.74, 6) is 0. The predicted molar refractivity (Wildman–Crippen MR) is 38.6 cm³/mol. The van der Waals surface area contributed by atoms with Crippen molar-refractivity contribution in [1.82, 2.24) is 0 Å².